The SMILES string of the molecule is O=C(NC12CC3CC(CC(C3)C1)C2)c1onc(OCC2CCNCC2)c1SC1CCCCC1. The van der Waals surface area contributed by atoms with Gasteiger partial charge in [0.15, 0.2) is 0 Å². The monoisotopic (exact) mass is 473 g/mol. The minimum atomic E-state index is -0.0699. The fourth-order valence-electron chi connectivity index (χ4n) is 7.76. The van der Waals surface area contributed by atoms with Crippen LogP contribution in [0.2, 0.25) is 0 Å². The third kappa shape index (κ3) is 4.82. The van der Waals surface area contributed by atoms with Gasteiger partial charge in [-0.3, -0.25) is 4.79 Å². The van der Waals surface area contributed by atoms with E-state index in [1.807, 2.05) is 0 Å². The normalized spacial score (nSPS) is 34.5. The van der Waals surface area contributed by atoms with E-state index in [-0.39, 0.29) is 11.4 Å². The number of rotatable bonds is 7. The van der Waals surface area contributed by atoms with Gasteiger partial charge < -0.3 is 19.9 Å². The molecule has 5 saturated carbocycles. The smallest absolute Gasteiger partial charge is 0.291 e. The van der Waals surface area contributed by atoms with E-state index in [2.05, 4.69) is 15.8 Å². The molecular weight excluding hydrogens is 434 g/mol. The van der Waals surface area contributed by atoms with Gasteiger partial charge >= 0.3 is 0 Å². The summed E-state index contributed by atoms with van der Waals surface area (Å²) in [5, 5.41) is 11.7. The Balaban J connectivity index is 1.19. The molecular formula is C26H39N3O3S. The topological polar surface area (TPSA) is 76.4 Å². The third-order valence-electron chi connectivity index (χ3n) is 8.99. The molecule has 182 valence electrons. The highest BCUT2D eigenvalue weighted by molar-refractivity contribution is 8.00. The number of carbonyl (C=O) groups excluding carboxylic acids is 1. The molecule has 1 aromatic rings. The summed E-state index contributed by atoms with van der Waals surface area (Å²) in [6, 6.07) is 0. The maximum atomic E-state index is 13.6. The summed E-state index contributed by atoms with van der Waals surface area (Å²) >= 11 is 1.78. The lowest BCUT2D eigenvalue weighted by Gasteiger charge is -2.56. The van der Waals surface area contributed by atoms with E-state index in [4.69, 9.17) is 9.26 Å². The maximum absolute atomic E-state index is 13.6. The maximum Gasteiger partial charge on any atom is 0.291 e. The van der Waals surface area contributed by atoms with Crippen LogP contribution >= 0.6 is 11.8 Å². The van der Waals surface area contributed by atoms with Crippen LogP contribution in [0.25, 0.3) is 0 Å². The molecule has 5 aliphatic carbocycles. The molecule has 2 heterocycles. The van der Waals surface area contributed by atoms with Gasteiger partial charge in [-0.05, 0) is 106 Å². The van der Waals surface area contributed by atoms with Crippen LogP contribution in [0.1, 0.15) is 94.0 Å². The summed E-state index contributed by atoms with van der Waals surface area (Å²) in [6.45, 7) is 2.76. The van der Waals surface area contributed by atoms with Crippen LogP contribution in [-0.4, -0.2) is 41.5 Å². The summed E-state index contributed by atoms with van der Waals surface area (Å²) in [5.74, 6) is 3.80. The second kappa shape index (κ2) is 9.44. The second-order valence-corrected chi connectivity index (χ2v) is 13.0. The standard InChI is InChI=1S/C26H39N3O3S/c30-24(28-26-13-18-10-19(14-26)12-20(11-18)15-26)22-23(33-21-4-2-1-3-5-21)25(29-32-22)31-16-17-6-8-27-9-7-17/h17-21,27H,1-16H2,(H,28,30). The lowest BCUT2D eigenvalue weighted by molar-refractivity contribution is -0.0173. The number of carbonyl (C=O) groups is 1. The van der Waals surface area contributed by atoms with Gasteiger partial charge in [0.25, 0.3) is 11.8 Å². The first-order valence-electron chi connectivity index (χ1n) is 13.5. The number of ether oxygens (including phenoxy) is 1. The largest absolute Gasteiger partial charge is 0.474 e. The van der Waals surface area contributed by atoms with Gasteiger partial charge in [0.05, 0.1) is 6.61 Å². The Labute approximate surface area is 201 Å². The van der Waals surface area contributed by atoms with Gasteiger partial charge in [-0.2, -0.15) is 0 Å². The molecule has 33 heavy (non-hydrogen) atoms. The van der Waals surface area contributed by atoms with Crippen LogP contribution in [0.5, 0.6) is 5.88 Å². The summed E-state index contributed by atoms with van der Waals surface area (Å²) in [7, 11) is 0. The zero-order valence-electron chi connectivity index (χ0n) is 19.8. The molecule has 1 aliphatic heterocycles. The van der Waals surface area contributed by atoms with Gasteiger partial charge in [0.2, 0.25) is 5.76 Å². The quantitative estimate of drug-likeness (QED) is 0.568. The number of thioether (sulfide) groups is 1. The number of nitrogens with zero attached hydrogens (tertiary/aromatic N) is 1. The van der Waals surface area contributed by atoms with Crippen LogP contribution < -0.4 is 15.4 Å². The van der Waals surface area contributed by atoms with Crippen LogP contribution in [-0.2, 0) is 0 Å². The van der Waals surface area contributed by atoms with E-state index < -0.39 is 0 Å². The highest BCUT2D eigenvalue weighted by atomic mass is 32.2. The number of amides is 1. The van der Waals surface area contributed by atoms with Gasteiger partial charge in [0.1, 0.15) is 4.90 Å². The van der Waals surface area contributed by atoms with Gasteiger partial charge in [-0.1, -0.05) is 19.3 Å². The molecule has 6 nitrogen and oxygen atoms in total. The molecule has 1 aromatic heterocycles. The molecule has 0 atom stereocenters. The van der Waals surface area contributed by atoms with Crippen molar-refractivity contribution in [2.45, 2.75) is 99.2 Å². The minimum absolute atomic E-state index is 0.0263. The van der Waals surface area contributed by atoms with Crippen molar-refractivity contribution in [1.29, 1.82) is 0 Å². The van der Waals surface area contributed by atoms with E-state index in [1.165, 1.54) is 51.4 Å². The third-order valence-corrected chi connectivity index (χ3v) is 10.4. The first kappa shape index (κ1) is 22.3. The summed E-state index contributed by atoms with van der Waals surface area (Å²) in [5.41, 5.74) is -0.0263. The molecule has 6 aliphatic rings. The van der Waals surface area contributed by atoms with Crippen molar-refractivity contribution in [3.63, 3.8) is 0 Å². The summed E-state index contributed by atoms with van der Waals surface area (Å²) < 4.78 is 11.9. The first-order chi connectivity index (χ1) is 16.2. The average Bonchev–Trinajstić information content (AvgIpc) is 3.20. The lowest BCUT2D eigenvalue weighted by atomic mass is 9.53. The predicted molar refractivity (Wildman–Crippen MR) is 129 cm³/mol. The Morgan fingerprint density at radius 1 is 1.03 bits per heavy atom. The Morgan fingerprint density at radius 2 is 1.70 bits per heavy atom. The van der Waals surface area contributed by atoms with Crippen LogP contribution in [0, 0.1) is 23.7 Å². The molecule has 2 N–H and O–H groups in total. The van der Waals surface area contributed by atoms with E-state index in [0.29, 0.717) is 29.4 Å². The molecule has 4 bridgehead atoms. The fourth-order valence-corrected chi connectivity index (χ4v) is 9.10. The Morgan fingerprint density at radius 3 is 2.36 bits per heavy atom. The van der Waals surface area contributed by atoms with E-state index in [0.717, 1.165) is 67.8 Å². The average molecular weight is 474 g/mol. The molecule has 7 rings (SSSR count). The van der Waals surface area contributed by atoms with E-state index >= 15 is 0 Å². The van der Waals surface area contributed by atoms with Crippen molar-refractivity contribution in [2.24, 2.45) is 23.7 Å². The molecule has 0 radical (unpaired) electrons. The zero-order valence-corrected chi connectivity index (χ0v) is 20.6. The highest BCUT2D eigenvalue weighted by Crippen LogP contribution is 2.55. The van der Waals surface area contributed by atoms with Crippen molar-refractivity contribution in [1.82, 2.24) is 15.8 Å². The Bertz CT molecular complexity index is 809. The highest BCUT2D eigenvalue weighted by Gasteiger charge is 2.52. The Hall–Kier alpha value is -1.21. The van der Waals surface area contributed by atoms with Gasteiger partial charge in [-0.15, -0.1) is 11.8 Å². The summed E-state index contributed by atoms with van der Waals surface area (Å²) in [4.78, 5) is 14.4. The van der Waals surface area contributed by atoms with E-state index in [9.17, 15) is 4.79 Å². The van der Waals surface area contributed by atoms with Crippen molar-refractivity contribution in [2.75, 3.05) is 19.7 Å². The van der Waals surface area contributed by atoms with Crippen molar-refractivity contribution in [3.8, 4) is 5.88 Å². The molecule has 1 saturated heterocycles. The van der Waals surface area contributed by atoms with Crippen LogP contribution in [0.15, 0.2) is 9.42 Å². The number of hydrogen-bond donors (Lipinski definition) is 2. The van der Waals surface area contributed by atoms with Crippen molar-refractivity contribution < 1.29 is 14.1 Å². The molecule has 0 unspecified atom stereocenters. The lowest BCUT2D eigenvalue weighted by Crippen LogP contribution is -2.59. The van der Waals surface area contributed by atoms with Crippen LogP contribution in [0.4, 0.5) is 0 Å². The Kier molecular flexibility index (Phi) is 6.37. The van der Waals surface area contributed by atoms with Crippen LogP contribution in [0.3, 0.4) is 0 Å². The molecule has 0 aromatic carbocycles. The number of hydrogen-bond acceptors (Lipinski definition) is 6. The predicted octanol–water partition coefficient (Wildman–Crippen LogP) is 5.18. The minimum Gasteiger partial charge on any atom is -0.474 e. The first-order valence-corrected chi connectivity index (χ1v) is 14.4. The molecule has 0 spiro atoms. The van der Waals surface area contributed by atoms with Gasteiger partial charge in [0, 0.05) is 10.8 Å². The molecule has 1 amide bonds. The number of aromatic nitrogens is 1. The van der Waals surface area contributed by atoms with Crippen molar-refractivity contribution >= 4 is 17.7 Å². The number of nitrogens with one attached hydrogen (secondary N) is 2. The summed E-state index contributed by atoms with van der Waals surface area (Å²) in [6.07, 6.45) is 16.0. The number of piperidine rings is 1. The molecule has 6 fully saturated rings. The molecule has 7 heteroatoms. The van der Waals surface area contributed by atoms with Crippen molar-refractivity contribution in [3.05, 3.63) is 5.76 Å². The fraction of sp³-hybridized carbons (Fsp3) is 0.846. The zero-order chi connectivity index (χ0) is 22.3. The van der Waals surface area contributed by atoms with E-state index in [1.54, 1.807) is 11.8 Å². The van der Waals surface area contributed by atoms with Gasteiger partial charge in [-0.25, -0.2) is 0 Å². The second-order valence-electron chi connectivity index (χ2n) is 11.7.